The standard InChI is InChI=1S/C16H27NO/c1-5-17(15(18)16(2,3)4)13-9-12-14-10-7-6-8-11-14/h6-7,9,12,14H,5,8,10-11,13H2,1-4H3. The number of amides is 1. The monoisotopic (exact) mass is 249 g/mol. The Morgan fingerprint density at radius 1 is 1.39 bits per heavy atom. The van der Waals surface area contributed by atoms with Crippen LogP contribution in [0.4, 0.5) is 0 Å². The predicted molar refractivity (Wildman–Crippen MR) is 77.3 cm³/mol. The topological polar surface area (TPSA) is 20.3 Å². The number of likely N-dealkylation sites (N-methyl/N-ethyl adjacent to an activating group) is 1. The predicted octanol–water partition coefficient (Wildman–Crippen LogP) is 3.79. The molecule has 1 atom stereocenters. The highest BCUT2D eigenvalue weighted by Crippen LogP contribution is 2.20. The molecule has 2 heteroatoms. The molecule has 102 valence electrons. The van der Waals surface area contributed by atoms with E-state index in [1.165, 1.54) is 12.8 Å². The molecule has 1 aliphatic carbocycles. The van der Waals surface area contributed by atoms with E-state index in [1.807, 2.05) is 32.6 Å². The second-order valence-electron chi connectivity index (χ2n) is 6.07. The van der Waals surface area contributed by atoms with Crippen molar-refractivity contribution in [3.05, 3.63) is 24.3 Å². The lowest BCUT2D eigenvalue weighted by atomic mass is 9.93. The van der Waals surface area contributed by atoms with Crippen LogP contribution in [0.25, 0.3) is 0 Å². The Kier molecular flexibility index (Phi) is 5.64. The Morgan fingerprint density at radius 2 is 2.11 bits per heavy atom. The second kappa shape index (κ2) is 6.77. The highest BCUT2D eigenvalue weighted by Gasteiger charge is 2.25. The van der Waals surface area contributed by atoms with Crippen LogP contribution < -0.4 is 0 Å². The third kappa shape index (κ3) is 4.67. The Morgan fingerprint density at radius 3 is 2.61 bits per heavy atom. The summed E-state index contributed by atoms with van der Waals surface area (Å²) in [5.41, 5.74) is -0.280. The Labute approximate surface area is 112 Å². The van der Waals surface area contributed by atoms with E-state index in [0.717, 1.165) is 19.5 Å². The van der Waals surface area contributed by atoms with Crippen LogP contribution in [0, 0.1) is 11.3 Å². The molecule has 0 saturated heterocycles. The lowest BCUT2D eigenvalue weighted by Crippen LogP contribution is -2.39. The number of carbonyl (C=O) groups is 1. The fourth-order valence-corrected chi connectivity index (χ4v) is 2.20. The van der Waals surface area contributed by atoms with Gasteiger partial charge in [-0.2, -0.15) is 0 Å². The van der Waals surface area contributed by atoms with Crippen molar-refractivity contribution in [2.24, 2.45) is 11.3 Å². The summed E-state index contributed by atoms with van der Waals surface area (Å²) in [6, 6.07) is 0. The molecule has 0 fully saturated rings. The molecule has 0 aromatic heterocycles. The molecule has 0 radical (unpaired) electrons. The summed E-state index contributed by atoms with van der Waals surface area (Å²) < 4.78 is 0. The summed E-state index contributed by atoms with van der Waals surface area (Å²) in [7, 11) is 0. The maximum atomic E-state index is 12.2. The summed E-state index contributed by atoms with van der Waals surface area (Å²) in [5, 5.41) is 0. The van der Waals surface area contributed by atoms with Gasteiger partial charge in [0.05, 0.1) is 0 Å². The summed E-state index contributed by atoms with van der Waals surface area (Å²) >= 11 is 0. The normalized spacial score (nSPS) is 20.3. The number of hydrogen-bond donors (Lipinski definition) is 0. The zero-order valence-corrected chi connectivity index (χ0v) is 12.3. The van der Waals surface area contributed by atoms with Gasteiger partial charge in [-0.3, -0.25) is 4.79 Å². The van der Waals surface area contributed by atoms with Crippen LogP contribution in [-0.4, -0.2) is 23.9 Å². The number of carbonyl (C=O) groups excluding carboxylic acids is 1. The molecule has 1 aliphatic rings. The molecular formula is C16H27NO. The van der Waals surface area contributed by atoms with Crippen LogP contribution in [0.2, 0.25) is 0 Å². The summed E-state index contributed by atoms with van der Waals surface area (Å²) in [4.78, 5) is 14.1. The summed E-state index contributed by atoms with van der Waals surface area (Å²) in [6.07, 6.45) is 12.5. The van der Waals surface area contributed by atoms with E-state index in [9.17, 15) is 4.79 Å². The van der Waals surface area contributed by atoms with Gasteiger partial charge >= 0.3 is 0 Å². The van der Waals surface area contributed by atoms with Crippen LogP contribution >= 0.6 is 0 Å². The van der Waals surface area contributed by atoms with Gasteiger partial charge in [0.1, 0.15) is 0 Å². The van der Waals surface area contributed by atoms with Crippen molar-refractivity contribution in [2.75, 3.05) is 13.1 Å². The number of allylic oxidation sites excluding steroid dienone is 3. The first-order valence-corrected chi connectivity index (χ1v) is 7.06. The summed E-state index contributed by atoms with van der Waals surface area (Å²) in [6.45, 7) is 9.51. The minimum Gasteiger partial charge on any atom is -0.339 e. The molecule has 1 unspecified atom stereocenters. The average Bonchev–Trinajstić information content (AvgIpc) is 2.34. The zero-order valence-electron chi connectivity index (χ0n) is 12.3. The van der Waals surface area contributed by atoms with Crippen molar-refractivity contribution in [3.8, 4) is 0 Å². The number of rotatable bonds is 4. The first kappa shape index (κ1) is 15.0. The molecule has 0 saturated carbocycles. The Hall–Kier alpha value is -1.05. The van der Waals surface area contributed by atoms with Gasteiger partial charge in [-0.1, -0.05) is 45.1 Å². The largest absolute Gasteiger partial charge is 0.339 e. The SMILES string of the molecule is CCN(CC=CC1CC=CCC1)C(=O)C(C)(C)C. The maximum Gasteiger partial charge on any atom is 0.228 e. The van der Waals surface area contributed by atoms with E-state index in [-0.39, 0.29) is 11.3 Å². The van der Waals surface area contributed by atoms with Gasteiger partial charge in [0, 0.05) is 18.5 Å². The first-order valence-electron chi connectivity index (χ1n) is 7.06. The molecule has 18 heavy (non-hydrogen) atoms. The number of hydrogen-bond acceptors (Lipinski definition) is 1. The molecule has 0 heterocycles. The molecule has 0 bridgehead atoms. The molecule has 1 amide bonds. The molecule has 0 aromatic carbocycles. The third-order valence-electron chi connectivity index (χ3n) is 3.35. The Balaban J connectivity index is 2.46. The van der Waals surface area contributed by atoms with Crippen LogP contribution in [0.3, 0.4) is 0 Å². The Bertz CT molecular complexity index is 322. The lowest BCUT2D eigenvalue weighted by molar-refractivity contribution is -0.138. The van der Waals surface area contributed by atoms with Crippen LogP contribution in [0.5, 0.6) is 0 Å². The molecule has 0 spiro atoms. The van der Waals surface area contributed by atoms with Crippen molar-refractivity contribution in [3.63, 3.8) is 0 Å². The molecule has 1 rings (SSSR count). The van der Waals surface area contributed by atoms with Crippen molar-refractivity contribution in [1.82, 2.24) is 4.90 Å². The molecular weight excluding hydrogens is 222 g/mol. The smallest absolute Gasteiger partial charge is 0.228 e. The fraction of sp³-hybridized carbons (Fsp3) is 0.688. The van der Waals surface area contributed by atoms with E-state index in [4.69, 9.17) is 0 Å². The van der Waals surface area contributed by atoms with Crippen LogP contribution in [-0.2, 0) is 4.79 Å². The summed E-state index contributed by atoms with van der Waals surface area (Å²) in [5.74, 6) is 0.900. The van der Waals surface area contributed by atoms with Crippen molar-refractivity contribution in [2.45, 2.75) is 47.0 Å². The molecule has 2 nitrogen and oxygen atoms in total. The van der Waals surface area contributed by atoms with E-state index >= 15 is 0 Å². The van der Waals surface area contributed by atoms with Gasteiger partial charge in [0.25, 0.3) is 0 Å². The highest BCUT2D eigenvalue weighted by atomic mass is 16.2. The van der Waals surface area contributed by atoms with Gasteiger partial charge in [-0.25, -0.2) is 0 Å². The quantitative estimate of drug-likeness (QED) is 0.694. The van der Waals surface area contributed by atoms with Crippen molar-refractivity contribution in [1.29, 1.82) is 0 Å². The zero-order chi connectivity index (χ0) is 13.6. The average molecular weight is 249 g/mol. The highest BCUT2D eigenvalue weighted by molar-refractivity contribution is 5.81. The minimum atomic E-state index is -0.280. The first-order chi connectivity index (χ1) is 8.45. The lowest BCUT2D eigenvalue weighted by Gasteiger charge is -2.27. The van der Waals surface area contributed by atoms with Gasteiger partial charge in [0.15, 0.2) is 0 Å². The van der Waals surface area contributed by atoms with E-state index < -0.39 is 0 Å². The third-order valence-corrected chi connectivity index (χ3v) is 3.35. The molecule has 0 aromatic rings. The second-order valence-corrected chi connectivity index (χ2v) is 6.07. The van der Waals surface area contributed by atoms with Crippen molar-refractivity contribution >= 4 is 5.91 Å². The van der Waals surface area contributed by atoms with E-state index in [1.54, 1.807) is 0 Å². The van der Waals surface area contributed by atoms with Gasteiger partial charge in [0.2, 0.25) is 5.91 Å². The molecule has 0 N–H and O–H groups in total. The van der Waals surface area contributed by atoms with Gasteiger partial charge in [-0.15, -0.1) is 0 Å². The number of nitrogens with zero attached hydrogens (tertiary/aromatic N) is 1. The minimum absolute atomic E-state index is 0.234. The van der Waals surface area contributed by atoms with E-state index in [2.05, 4.69) is 24.3 Å². The van der Waals surface area contributed by atoms with Crippen LogP contribution in [0.1, 0.15) is 47.0 Å². The van der Waals surface area contributed by atoms with Crippen molar-refractivity contribution < 1.29 is 4.79 Å². The van der Waals surface area contributed by atoms with E-state index in [0.29, 0.717) is 5.92 Å². The molecule has 0 aliphatic heterocycles. The van der Waals surface area contributed by atoms with Crippen LogP contribution in [0.15, 0.2) is 24.3 Å². The van der Waals surface area contributed by atoms with Gasteiger partial charge in [-0.05, 0) is 32.1 Å². The fourth-order valence-electron chi connectivity index (χ4n) is 2.20. The maximum absolute atomic E-state index is 12.2. The van der Waals surface area contributed by atoms with Gasteiger partial charge < -0.3 is 4.90 Å².